The summed E-state index contributed by atoms with van der Waals surface area (Å²) in [5.74, 6) is 2.28. The quantitative estimate of drug-likeness (QED) is 0.645. The van der Waals surface area contributed by atoms with Gasteiger partial charge in [0.05, 0.1) is 18.0 Å². The first-order valence-corrected chi connectivity index (χ1v) is 8.92. The first kappa shape index (κ1) is 15.8. The Labute approximate surface area is 155 Å². The molecule has 1 unspecified atom stereocenters. The number of benzene rings is 1. The molecule has 1 aromatic carbocycles. The normalized spacial score (nSPS) is 20.9. The maximum atomic E-state index is 11.3. The van der Waals surface area contributed by atoms with Crippen molar-refractivity contribution in [2.45, 2.75) is 18.8 Å². The Balaban J connectivity index is 1.45. The van der Waals surface area contributed by atoms with Gasteiger partial charge in [-0.15, -0.1) is 0 Å². The van der Waals surface area contributed by atoms with Gasteiger partial charge in [-0.25, -0.2) is 14.7 Å². The molecular formula is C19H19N6O2+. The molecule has 5 rings (SSSR count). The van der Waals surface area contributed by atoms with Crippen LogP contribution in [0.15, 0.2) is 59.7 Å². The first-order chi connectivity index (χ1) is 13.2. The average Bonchev–Trinajstić information content (AvgIpc) is 3.23. The first-order valence-electron chi connectivity index (χ1n) is 8.92. The number of aromatic amines is 1. The molecule has 1 aliphatic carbocycles. The third-order valence-corrected chi connectivity index (χ3v) is 4.98. The standard InChI is InChI=1S/C19H18N6O2/c26-19(27)13-2-1-3-14(8-13)24-10-17-20-6-7-25(17)18(11-24)21-16-9-15(22-23-16)12-4-5-12/h1-3,6-9,11-12H,4-5,10H2,(H,26,27)(H2,21,22,23)/p+1. The molecule has 8 nitrogen and oxygen atoms in total. The van der Waals surface area contributed by atoms with E-state index in [1.54, 1.807) is 24.4 Å². The molecule has 27 heavy (non-hydrogen) atoms. The Bertz CT molecular complexity index is 1000. The Kier molecular flexibility index (Phi) is 3.58. The molecule has 0 spiro atoms. The number of aromatic nitrogens is 2. The molecule has 4 N–H and O–H groups in total. The van der Waals surface area contributed by atoms with E-state index in [1.165, 1.54) is 18.5 Å². The molecule has 1 saturated carbocycles. The van der Waals surface area contributed by atoms with Crippen LogP contribution in [0.4, 0.5) is 11.5 Å². The molecule has 1 aromatic heterocycles. The lowest BCUT2D eigenvalue weighted by atomic mass is 10.2. The van der Waals surface area contributed by atoms with Crippen LogP contribution in [0.25, 0.3) is 0 Å². The van der Waals surface area contributed by atoms with Gasteiger partial charge >= 0.3 is 5.97 Å². The van der Waals surface area contributed by atoms with Crippen LogP contribution in [0.2, 0.25) is 0 Å². The van der Waals surface area contributed by atoms with Crippen molar-refractivity contribution in [3.63, 3.8) is 0 Å². The highest BCUT2D eigenvalue weighted by Gasteiger charge is 2.32. The molecule has 1 fully saturated rings. The van der Waals surface area contributed by atoms with Gasteiger partial charge in [-0.1, -0.05) is 6.07 Å². The molecule has 0 saturated heterocycles. The van der Waals surface area contributed by atoms with Crippen LogP contribution in [0.1, 0.15) is 34.8 Å². The fourth-order valence-corrected chi connectivity index (χ4v) is 3.40. The zero-order valence-corrected chi connectivity index (χ0v) is 14.5. The molecule has 136 valence electrons. The van der Waals surface area contributed by atoms with E-state index >= 15 is 0 Å². The van der Waals surface area contributed by atoms with Crippen LogP contribution in [-0.4, -0.2) is 33.7 Å². The van der Waals surface area contributed by atoms with E-state index in [9.17, 15) is 9.90 Å². The largest absolute Gasteiger partial charge is 0.478 e. The van der Waals surface area contributed by atoms with E-state index in [0.717, 1.165) is 28.1 Å². The Morgan fingerprint density at radius 1 is 1.33 bits per heavy atom. The number of hydrogen-bond acceptors (Lipinski definition) is 5. The fraction of sp³-hybridized carbons (Fsp3) is 0.211. The molecular weight excluding hydrogens is 344 g/mol. The summed E-state index contributed by atoms with van der Waals surface area (Å²) in [5, 5.41) is 20.1. The fourth-order valence-electron chi connectivity index (χ4n) is 3.40. The highest BCUT2D eigenvalue weighted by Crippen LogP contribution is 2.39. The topological polar surface area (TPSA) is 98.0 Å². The highest BCUT2D eigenvalue weighted by atomic mass is 16.4. The third-order valence-electron chi connectivity index (χ3n) is 4.98. The van der Waals surface area contributed by atoms with Crippen LogP contribution in [0.5, 0.6) is 0 Å². The molecule has 2 aliphatic heterocycles. The van der Waals surface area contributed by atoms with Crippen molar-refractivity contribution in [1.29, 1.82) is 0 Å². The molecule has 0 bridgehead atoms. The van der Waals surface area contributed by atoms with Gasteiger partial charge in [0, 0.05) is 23.4 Å². The maximum Gasteiger partial charge on any atom is 0.335 e. The van der Waals surface area contributed by atoms with E-state index in [4.69, 9.17) is 0 Å². The number of nitrogens with one attached hydrogen (secondary N) is 3. The van der Waals surface area contributed by atoms with Crippen molar-refractivity contribution in [3.05, 3.63) is 66.0 Å². The van der Waals surface area contributed by atoms with Crippen molar-refractivity contribution in [2.75, 3.05) is 16.8 Å². The monoisotopic (exact) mass is 363 g/mol. The third kappa shape index (κ3) is 3.00. The number of rotatable bonds is 5. The van der Waals surface area contributed by atoms with Crippen LogP contribution >= 0.6 is 0 Å². The van der Waals surface area contributed by atoms with E-state index in [2.05, 4.69) is 26.6 Å². The lowest BCUT2D eigenvalue weighted by Crippen LogP contribution is -3.10. The number of amidine groups is 1. The van der Waals surface area contributed by atoms with E-state index in [0.29, 0.717) is 12.5 Å². The summed E-state index contributed by atoms with van der Waals surface area (Å²) in [6.07, 6.45) is 8.19. The number of quaternary nitrogens is 1. The van der Waals surface area contributed by atoms with Gasteiger partial charge in [-0.05, 0) is 31.0 Å². The number of fused-ring (bicyclic) bond motifs is 1. The lowest BCUT2D eigenvalue weighted by Gasteiger charge is -2.28. The predicted octanol–water partition coefficient (Wildman–Crippen LogP) is 1.48. The van der Waals surface area contributed by atoms with Crippen molar-refractivity contribution >= 4 is 23.3 Å². The molecule has 3 heterocycles. The van der Waals surface area contributed by atoms with E-state index in [-0.39, 0.29) is 5.56 Å². The Hall–Kier alpha value is -3.39. The van der Waals surface area contributed by atoms with Gasteiger partial charge in [-0.2, -0.15) is 5.10 Å². The number of carbonyl (C=O) groups is 1. The summed E-state index contributed by atoms with van der Waals surface area (Å²) in [7, 11) is 0. The number of hydrogen-bond donors (Lipinski definition) is 4. The van der Waals surface area contributed by atoms with Crippen LogP contribution in [0, 0.1) is 0 Å². The number of aliphatic imine (C=N–C) groups is 1. The number of H-pyrrole nitrogens is 1. The highest BCUT2D eigenvalue weighted by molar-refractivity contribution is 5.90. The number of carboxylic acid groups (broad SMARTS) is 1. The van der Waals surface area contributed by atoms with Gasteiger partial charge in [-0.3, -0.25) is 10.4 Å². The van der Waals surface area contributed by atoms with Crippen molar-refractivity contribution in [1.82, 2.24) is 10.2 Å². The van der Waals surface area contributed by atoms with Crippen LogP contribution in [0.3, 0.4) is 0 Å². The smallest absolute Gasteiger partial charge is 0.335 e. The lowest BCUT2D eigenvalue weighted by molar-refractivity contribution is -0.698. The van der Waals surface area contributed by atoms with Crippen molar-refractivity contribution in [2.24, 2.45) is 4.99 Å². The van der Waals surface area contributed by atoms with Gasteiger partial charge in [0.2, 0.25) is 11.7 Å². The summed E-state index contributed by atoms with van der Waals surface area (Å²) < 4.78 is 0. The maximum absolute atomic E-state index is 11.3. The minimum Gasteiger partial charge on any atom is -0.478 e. The molecule has 3 aliphatic rings. The number of anilines is 2. The summed E-state index contributed by atoms with van der Waals surface area (Å²) >= 11 is 0. The number of aromatic carboxylic acids is 1. The zero-order valence-electron chi connectivity index (χ0n) is 14.5. The van der Waals surface area contributed by atoms with Gasteiger partial charge in [0.25, 0.3) is 0 Å². The summed E-state index contributed by atoms with van der Waals surface area (Å²) in [6, 6.07) is 8.97. The number of carboxylic acids is 1. The minimum absolute atomic E-state index is 0.262. The van der Waals surface area contributed by atoms with Crippen molar-refractivity contribution in [3.8, 4) is 0 Å². The van der Waals surface area contributed by atoms with Crippen molar-refractivity contribution < 1.29 is 14.8 Å². The molecule has 0 amide bonds. The summed E-state index contributed by atoms with van der Waals surface area (Å²) in [4.78, 5) is 18.8. The van der Waals surface area contributed by atoms with E-state index in [1.807, 2.05) is 23.4 Å². The molecule has 0 radical (unpaired) electrons. The summed E-state index contributed by atoms with van der Waals surface area (Å²) in [5.41, 5.74) is 2.24. The molecule has 2 aromatic rings. The van der Waals surface area contributed by atoms with Gasteiger partial charge < -0.3 is 10.0 Å². The SMILES string of the molecule is O=C(O)c1cccc(N2C=C(Nc3cc(C4CC4)[nH]n3)[NH+]3C=CN=C3C2)c1. The number of nitrogens with zero attached hydrogens (tertiary/aromatic N) is 3. The Morgan fingerprint density at radius 2 is 2.22 bits per heavy atom. The summed E-state index contributed by atoms with van der Waals surface area (Å²) in [6.45, 7) is 0.588. The second-order valence-corrected chi connectivity index (χ2v) is 6.94. The van der Waals surface area contributed by atoms with Gasteiger partial charge in [0.1, 0.15) is 12.7 Å². The second kappa shape index (κ2) is 6.10. The van der Waals surface area contributed by atoms with E-state index < -0.39 is 5.97 Å². The second-order valence-electron chi connectivity index (χ2n) is 6.94. The minimum atomic E-state index is -0.938. The van der Waals surface area contributed by atoms with Crippen LogP contribution in [-0.2, 0) is 0 Å². The molecule has 8 heteroatoms. The van der Waals surface area contributed by atoms with Gasteiger partial charge in [0.15, 0.2) is 5.82 Å². The predicted molar refractivity (Wildman–Crippen MR) is 101 cm³/mol. The Morgan fingerprint density at radius 3 is 3.04 bits per heavy atom. The van der Waals surface area contributed by atoms with Crippen LogP contribution < -0.4 is 15.1 Å². The zero-order chi connectivity index (χ0) is 18.4. The average molecular weight is 363 g/mol. The molecule has 1 atom stereocenters.